The van der Waals surface area contributed by atoms with Crippen LogP contribution in [0.3, 0.4) is 0 Å². The SMILES string of the molecule is CC(C)[C@@H](N)C1(CO)CCCC1. The lowest BCUT2D eigenvalue weighted by molar-refractivity contribution is 0.0840. The van der Waals surface area contributed by atoms with Gasteiger partial charge in [0, 0.05) is 11.5 Å². The maximum absolute atomic E-state index is 9.36. The lowest BCUT2D eigenvalue weighted by atomic mass is 9.75. The Bertz CT molecular complexity index is 139. The summed E-state index contributed by atoms with van der Waals surface area (Å²) in [5.74, 6) is 0.482. The van der Waals surface area contributed by atoms with Gasteiger partial charge in [-0.3, -0.25) is 0 Å². The summed E-state index contributed by atoms with van der Waals surface area (Å²) >= 11 is 0. The van der Waals surface area contributed by atoms with Gasteiger partial charge in [0.25, 0.3) is 0 Å². The number of nitrogens with two attached hydrogens (primary N) is 1. The van der Waals surface area contributed by atoms with Crippen molar-refractivity contribution < 1.29 is 5.11 Å². The van der Waals surface area contributed by atoms with Gasteiger partial charge in [0.2, 0.25) is 0 Å². The van der Waals surface area contributed by atoms with Crippen molar-refractivity contribution in [1.82, 2.24) is 0 Å². The average Bonchev–Trinajstić information content (AvgIpc) is 2.52. The third-order valence-electron chi connectivity index (χ3n) is 3.34. The summed E-state index contributed by atoms with van der Waals surface area (Å²) < 4.78 is 0. The minimum atomic E-state index is 0.0498. The molecule has 1 aliphatic rings. The summed E-state index contributed by atoms with van der Waals surface area (Å²) in [5, 5.41) is 9.36. The van der Waals surface area contributed by atoms with Crippen LogP contribution in [0, 0.1) is 11.3 Å². The van der Waals surface area contributed by atoms with E-state index in [1.165, 1.54) is 12.8 Å². The molecule has 0 bridgehead atoms. The molecule has 0 aromatic rings. The summed E-state index contributed by atoms with van der Waals surface area (Å²) in [6.45, 7) is 4.55. The van der Waals surface area contributed by atoms with Crippen molar-refractivity contribution in [3.8, 4) is 0 Å². The van der Waals surface area contributed by atoms with E-state index in [1.54, 1.807) is 0 Å². The van der Waals surface area contributed by atoms with E-state index in [-0.39, 0.29) is 18.1 Å². The summed E-state index contributed by atoms with van der Waals surface area (Å²) in [6, 6.07) is 0.171. The van der Waals surface area contributed by atoms with Gasteiger partial charge < -0.3 is 10.8 Å². The predicted octanol–water partition coefficient (Wildman–Crippen LogP) is 1.52. The highest BCUT2D eigenvalue weighted by molar-refractivity contribution is 4.93. The van der Waals surface area contributed by atoms with Crippen molar-refractivity contribution in [1.29, 1.82) is 0 Å². The first kappa shape index (κ1) is 10.0. The van der Waals surface area contributed by atoms with E-state index in [4.69, 9.17) is 5.73 Å². The van der Waals surface area contributed by atoms with Gasteiger partial charge in [-0.05, 0) is 18.8 Å². The summed E-state index contributed by atoms with van der Waals surface area (Å²) in [5.41, 5.74) is 6.16. The summed E-state index contributed by atoms with van der Waals surface area (Å²) in [7, 11) is 0. The minimum Gasteiger partial charge on any atom is -0.396 e. The molecule has 1 atom stereocenters. The molecule has 0 spiro atoms. The third-order valence-corrected chi connectivity index (χ3v) is 3.34. The molecule has 1 aliphatic carbocycles. The first-order valence-corrected chi connectivity index (χ1v) is 4.99. The normalized spacial score (nSPS) is 24.8. The first-order valence-electron chi connectivity index (χ1n) is 4.99. The molecule has 0 aromatic carbocycles. The average molecular weight is 171 g/mol. The van der Waals surface area contributed by atoms with Gasteiger partial charge >= 0.3 is 0 Å². The van der Waals surface area contributed by atoms with Crippen LogP contribution in [0.2, 0.25) is 0 Å². The van der Waals surface area contributed by atoms with Crippen molar-refractivity contribution in [3.05, 3.63) is 0 Å². The quantitative estimate of drug-likeness (QED) is 0.676. The molecule has 12 heavy (non-hydrogen) atoms. The highest BCUT2D eigenvalue weighted by Gasteiger charge is 2.39. The molecule has 2 nitrogen and oxygen atoms in total. The van der Waals surface area contributed by atoms with Gasteiger partial charge in [0.05, 0.1) is 6.61 Å². The van der Waals surface area contributed by atoms with Crippen LogP contribution in [0.15, 0.2) is 0 Å². The Balaban J connectivity index is 2.65. The topological polar surface area (TPSA) is 46.2 Å². The Hall–Kier alpha value is -0.0800. The Labute approximate surface area is 75.2 Å². The molecule has 3 N–H and O–H groups in total. The molecule has 1 saturated carbocycles. The molecule has 0 unspecified atom stereocenters. The van der Waals surface area contributed by atoms with E-state index in [9.17, 15) is 5.11 Å². The van der Waals surface area contributed by atoms with Gasteiger partial charge in [-0.25, -0.2) is 0 Å². The van der Waals surface area contributed by atoms with E-state index in [0.29, 0.717) is 5.92 Å². The summed E-state index contributed by atoms with van der Waals surface area (Å²) in [4.78, 5) is 0. The Morgan fingerprint density at radius 2 is 1.83 bits per heavy atom. The van der Waals surface area contributed by atoms with Crippen molar-refractivity contribution >= 4 is 0 Å². The van der Waals surface area contributed by atoms with E-state index in [2.05, 4.69) is 13.8 Å². The number of rotatable bonds is 3. The van der Waals surface area contributed by atoms with Crippen LogP contribution in [0.5, 0.6) is 0 Å². The van der Waals surface area contributed by atoms with Crippen LogP contribution in [0.4, 0.5) is 0 Å². The van der Waals surface area contributed by atoms with Crippen LogP contribution in [0.25, 0.3) is 0 Å². The Morgan fingerprint density at radius 1 is 1.33 bits per heavy atom. The van der Waals surface area contributed by atoms with E-state index >= 15 is 0 Å². The van der Waals surface area contributed by atoms with E-state index in [0.717, 1.165) is 12.8 Å². The monoisotopic (exact) mass is 171 g/mol. The molecule has 0 aliphatic heterocycles. The predicted molar refractivity (Wildman–Crippen MR) is 50.8 cm³/mol. The standard InChI is InChI=1S/C10H21NO/c1-8(2)9(11)10(7-12)5-3-4-6-10/h8-9,12H,3-7,11H2,1-2H3/t9-/m1/s1. The van der Waals surface area contributed by atoms with E-state index < -0.39 is 0 Å². The highest BCUT2D eigenvalue weighted by Crippen LogP contribution is 2.41. The van der Waals surface area contributed by atoms with Crippen LogP contribution in [0.1, 0.15) is 39.5 Å². The van der Waals surface area contributed by atoms with Gasteiger partial charge in [0.15, 0.2) is 0 Å². The second-order valence-electron chi connectivity index (χ2n) is 4.50. The zero-order valence-corrected chi connectivity index (χ0v) is 8.21. The molecule has 1 fully saturated rings. The zero-order chi connectivity index (χ0) is 9.19. The van der Waals surface area contributed by atoms with Crippen molar-refractivity contribution in [2.45, 2.75) is 45.6 Å². The molecule has 0 aromatic heterocycles. The van der Waals surface area contributed by atoms with Crippen LogP contribution in [-0.4, -0.2) is 17.8 Å². The number of hydrogen-bond acceptors (Lipinski definition) is 2. The molecule has 0 saturated heterocycles. The maximum atomic E-state index is 9.36. The zero-order valence-electron chi connectivity index (χ0n) is 8.21. The first-order chi connectivity index (χ1) is 5.62. The molecular weight excluding hydrogens is 150 g/mol. The molecule has 0 heterocycles. The summed E-state index contributed by atoms with van der Waals surface area (Å²) in [6.07, 6.45) is 4.70. The van der Waals surface area contributed by atoms with Crippen molar-refractivity contribution in [3.63, 3.8) is 0 Å². The van der Waals surface area contributed by atoms with Crippen LogP contribution in [-0.2, 0) is 0 Å². The second kappa shape index (κ2) is 3.75. The molecule has 2 heteroatoms. The fraction of sp³-hybridized carbons (Fsp3) is 1.00. The number of aliphatic hydroxyl groups excluding tert-OH is 1. The highest BCUT2D eigenvalue weighted by atomic mass is 16.3. The van der Waals surface area contributed by atoms with Crippen LogP contribution >= 0.6 is 0 Å². The maximum Gasteiger partial charge on any atom is 0.0502 e. The van der Waals surface area contributed by atoms with Gasteiger partial charge in [-0.1, -0.05) is 26.7 Å². The molecule has 0 amide bonds. The molecule has 72 valence electrons. The third kappa shape index (κ3) is 1.64. The van der Waals surface area contributed by atoms with Crippen LogP contribution < -0.4 is 5.73 Å². The number of hydrogen-bond donors (Lipinski definition) is 2. The van der Waals surface area contributed by atoms with E-state index in [1.807, 2.05) is 0 Å². The Morgan fingerprint density at radius 3 is 2.17 bits per heavy atom. The lowest BCUT2D eigenvalue weighted by Gasteiger charge is -2.35. The second-order valence-corrected chi connectivity index (χ2v) is 4.50. The molecule has 0 radical (unpaired) electrons. The minimum absolute atomic E-state index is 0.0498. The number of aliphatic hydroxyl groups is 1. The van der Waals surface area contributed by atoms with Crippen molar-refractivity contribution in [2.24, 2.45) is 17.1 Å². The van der Waals surface area contributed by atoms with Gasteiger partial charge in [-0.2, -0.15) is 0 Å². The largest absolute Gasteiger partial charge is 0.396 e. The molecular formula is C10H21NO. The van der Waals surface area contributed by atoms with Crippen molar-refractivity contribution in [2.75, 3.05) is 6.61 Å². The lowest BCUT2D eigenvalue weighted by Crippen LogP contribution is -2.46. The van der Waals surface area contributed by atoms with Gasteiger partial charge in [-0.15, -0.1) is 0 Å². The molecule has 1 rings (SSSR count). The van der Waals surface area contributed by atoms with Gasteiger partial charge in [0.1, 0.15) is 0 Å². The fourth-order valence-electron chi connectivity index (χ4n) is 2.38. The Kier molecular flexibility index (Phi) is 3.13. The fourth-order valence-corrected chi connectivity index (χ4v) is 2.38. The smallest absolute Gasteiger partial charge is 0.0502 e.